The highest BCUT2D eigenvalue weighted by Crippen LogP contribution is 2.28. The topological polar surface area (TPSA) is 32.3 Å². The molecule has 0 radical (unpaired) electrons. The smallest absolute Gasteiger partial charge is 0.0954 e. The molecule has 2 atom stereocenters. The Morgan fingerprint density at radius 3 is 2.29 bits per heavy atom. The molecule has 1 rings (SSSR count). The van der Waals surface area contributed by atoms with E-state index in [0.717, 1.165) is 0 Å². The van der Waals surface area contributed by atoms with E-state index in [4.69, 9.17) is 23.2 Å². The first-order valence-corrected chi connectivity index (χ1v) is 6.37. The van der Waals surface area contributed by atoms with Crippen LogP contribution in [-0.2, 0) is 0 Å². The van der Waals surface area contributed by atoms with Gasteiger partial charge in [-0.1, -0.05) is 29.3 Å². The highest BCUT2D eigenvalue weighted by Gasteiger charge is 2.22. The standard InChI is InChI=1S/C13H19Cl2NO/c1-8(16-13(2,3)4)12(17)10-6-5-9(14)7-11(10)15/h5-8,12,16-17H,1-4H3. The van der Waals surface area contributed by atoms with Crippen LogP contribution in [0.4, 0.5) is 0 Å². The van der Waals surface area contributed by atoms with Crippen molar-refractivity contribution in [2.24, 2.45) is 0 Å². The average molecular weight is 276 g/mol. The highest BCUT2D eigenvalue weighted by molar-refractivity contribution is 6.35. The monoisotopic (exact) mass is 275 g/mol. The second-order valence-electron chi connectivity index (χ2n) is 5.29. The Kier molecular flexibility index (Phi) is 4.85. The molecule has 0 amide bonds. The Balaban J connectivity index is 2.85. The Bertz CT molecular complexity index is 387. The van der Waals surface area contributed by atoms with E-state index in [1.807, 2.05) is 6.92 Å². The summed E-state index contributed by atoms with van der Waals surface area (Å²) < 4.78 is 0. The molecule has 0 aromatic heterocycles. The minimum Gasteiger partial charge on any atom is -0.387 e. The lowest BCUT2D eigenvalue weighted by atomic mass is 10.00. The molecule has 0 saturated carbocycles. The second-order valence-corrected chi connectivity index (χ2v) is 6.14. The summed E-state index contributed by atoms with van der Waals surface area (Å²) in [5.74, 6) is 0. The minimum atomic E-state index is -0.654. The van der Waals surface area contributed by atoms with Crippen molar-refractivity contribution in [3.63, 3.8) is 0 Å². The van der Waals surface area contributed by atoms with Gasteiger partial charge in [-0.15, -0.1) is 0 Å². The van der Waals surface area contributed by atoms with Crippen molar-refractivity contribution in [1.29, 1.82) is 0 Å². The Morgan fingerprint density at radius 2 is 1.82 bits per heavy atom. The van der Waals surface area contributed by atoms with Crippen molar-refractivity contribution < 1.29 is 5.11 Å². The first-order valence-electron chi connectivity index (χ1n) is 5.61. The van der Waals surface area contributed by atoms with Crippen molar-refractivity contribution in [3.8, 4) is 0 Å². The summed E-state index contributed by atoms with van der Waals surface area (Å²) in [6, 6.07) is 5.05. The van der Waals surface area contributed by atoms with Gasteiger partial charge >= 0.3 is 0 Å². The van der Waals surface area contributed by atoms with Crippen LogP contribution in [-0.4, -0.2) is 16.7 Å². The average Bonchev–Trinajstić information content (AvgIpc) is 2.14. The van der Waals surface area contributed by atoms with Gasteiger partial charge in [-0.3, -0.25) is 0 Å². The van der Waals surface area contributed by atoms with Crippen LogP contribution >= 0.6 is 23.2 Å². The fourth-order valence-electron chi connectivity index (χ4n) is 1.77. The van der Waals surface area contributed by atoms with Crippen molar-refractivity contribution in [1.82, 2.24) is 5.32 Å². The van der Waals surface area contributed by atoms with Gasteiger partial charge in [0.05, 0.1) is 6.10 Å². The van der Waals surface area contributed by atoms with E-state index in [2.05, 4.69) is 26.1 Å². The molecule has 2 nitrogen and oxygen atoms in total. The Labute approximate surface area is 113 Å². The maximum atomic E-state index is 10.2. The molecule has 0 aliphatic heterocycles. The van der Waals surface area contributed by atoms with Crippen LogP contribution in [0.25, 0.3) is 0 Å². The van der Waals surface area contributed by atoms with Crippen molar-refractivity contribution >= 4 is 23.2 Å². The van der Waals surface area contributed by atoms with Crippen molar-refractivity contribution in [2.45, 2.75) is 45.4 Å². The zero-order valence-corrected chi connectivity index (χ0v) is 12.1. The van der Waals surface area contributed by atoms with Crippen LogP contribution < -0.4 is 5.32 Å². The number of hydrogen-bond acceptors (Lipinski definition) is 2. The van der Waals surface area contributed by atoms with Crippen LogP contribution in [0.15, 0.2) is 18.2 Å². The summed E-state index contributed by atoms with van der Waals surface area (Å²) >= 11 is 11.9. The molecule has 0 aliphatic carbocycles. The van der Waals surface area contributed by atoms with Crippen molar-refractivity contribution in [3.05, 3.63) is 33.8 Å². The molecule has 96 valence electrons. The van der Waals surface area contributed by atoms with Gasteiger partial charge in [0.25, 0.3) is 0 Å². The lowest BCUT2D eigenvalue weighted by Crippen LogP contribution is -2.45. The minimum absolute atomic E-state index is 0.0563. The van der Waals surface area contributed by atoms with E-state index in [0.29, 0.717) is 15.6 Å². The van der Waals surface area contributed by atoms with Gasteiger partial charge in [0.1, 0.15) is 0 Å². The number of rotatable bonds is 3. The number of benzene rings is 1. The summed E-state index contributed by atoms with van der Waals surface area (Å²) in [6.07, 6.45) is -0.654. The summed E-state index contributed by atoms with van der Waals surface area (Å²) in [7, 11) is 0. The highest BCUT2D eigenvalue weighted by atomic mass is 35.5. The molecule has 2 unspecified atom stereocenters. The lowest BCUT2D eigenvalue weighted by Gasteiger charge is -2.29. The predicted octanol–water partition coefficient (Wildman–Crippen LogP) is 3.80. The van der Waals surface area contributed by atoms with Gasteiger partial charge in [0.2, 0.25) is 0 Å². The van der Waals surface area contributed by atoms with Gasteiger partial charge in [-0.2, -0.15) is 0 Å². The lowest BCUT2D eigenvalue weighted by molar-refractivity contribution is 0.121. The molecule has 2 N–H and O–H groups in total. The second kappa shape index (κ2) is 5.57. The number of halogens is 2. The van der Waals surface area contributed by atoms with Crippen LogP contribution in [0.2, 0.25) is 10.0 Å². The molecule has 0 bridgehead atoms. The maximum Gasteiger partial charge on any atom is 0.0954 e. The number of nitrogens with one attached hydrogen (secondary N) is 1. The third-order valence-electron chi connectivity index (χ3n) is 2.42. The van der Waals surface area contributed by atoms with Gasteiger partial charge < -0.3 is 10.4 Å². The van der Waals surface area contributed by atoms with E-state index in [1.54, 1.807) is 18.2 Å². The normalized spacial score (nSPS) is 15.7. The summed E-state index contributed by atoms with van der Waals surface area (Å²) in [5, 5.41) is 14.6. The van der Waals surface area contributed by atoms with Gasteiger partial charge in [0.15, 0.2) is 0 Å². The van der Waals surface area contributed by atoms with Gasteiger partial charge in [-0.05, 0) is 39.8 Å². The fourth-order valence-corrected chi connectivity index (χ4v) is 2.29. The Morgan fingerprint density at radius 1 is 1.24 bits per heavy atom. The molecule has 1 aromatic carbocycles. The van der Waals surface area contributed by atoms with E-state index in [1.165, 1.54) is 0 Å². The summed E-state index contributed by atoms with van der Waals surface area (Å²) in [4.78, 5) is 0. The van der Waals surface area contributed by atoms with E-state index >= 15 is 0 Å². The quantitative estimate of drug-likeness (QED) is 0.880. The number of aliphatic hydroxyl groups excluding tert-OH is 1. The number of aliphatic hydroxyl groups is 1. The van der Waals surface area contributed by atoms with Gasteiger partial charge in [0, 0.05) is 27.2 Å². The molecule has 0 aliphatic rings. The molecule has 0 spiro atoms. The van der Waals surface area contributed by atoms with E-state index in [9.17, 15) is 5.11 Å². The van der Waals surface area contributed by atoms with Crippen LogP contribution in [0.3, 0.4) is 0 Å². The largest absolute Gasteiger partial charge is 0.387 e. The van der Waals surface area contributed by atoms with Crippen molar-refractivity contribution in [2.75, 3.05) is 0 Å². The molecule has 0 saturated heterocycles. The van der Waals surface area contributed by atoms with Gasteiger partial charge in [-0.25, -0.2) is 0 Å². The molecule has 17 heavy (non-hydrogen) atoms. The zero-order valence-electron chi connectivity index (χ0n) is 10.6. The predicted molar refractivity (Wildman–Crippen MR) is 73.8 cm³/mol. The first kappa shape index (κ1) is 14.8. The van der Waals surface area contributed by atoms with E-state index in [-0.39, 0.29) is 11.6 Å². The molecule has 4 heteroatoms. The zero-order chi connectivity index (χ0) is 13.2. The molecular formula is C13H19Cl2NO. The number of hydrogen-bond donors (Lipinski definition) is 2. The summed E-state index contributed by atoms with van der Waals surface area (Å²) in [6.45, 7) is 8.10. The van der Waals surface area contributed by atoms with Crippen LogP contribution in [0.1, 0.15) is 39.4 Å². The molecule has 0 heterocycles. The van der Waals surface area contributed by atoms with Crippen LogP contribution in [0, 0.1) is 0 Å². The molecular weight excluding hydrogens is 257 g/mol. The third-order valence-corrected chi connectivity index (χ3v) is 2.98. The molecule has 1 aromatic rings. The maximum absolute atomic E-state index is 10.2. The Hall–Kier alpha value is -0.280. The SMILES string of the molecule is CC(NC(C)(C)C)C(O)c1ccc(Cl)cc1Cl. The first-order chi connectivity index (χ1) is 7.70. The molecule has 0 fully saturated rings. The van der Waals surface area contributed by atoms with E-state index < -0.39 is 6.10 Å². The third kappa shape index (κ3) is 4.47. The fraction of sp³-hybridized carbons (Fsp3) is 0.538. The summed E-state index contributed by atoms with van der Waals surface area (Å²) in [5.41, 5.74) is 0.638. The van der Waals surface area contributed by atoms with Crippen LogP contribution in [0.5, 0.6) is 0 Å².